The highest BCUT2D eigenvalue weighted by molar-refractivity contribution is 5.97. The van der Waals surface area contributed by atoms with Crippen LogP contribution < -0.4 is 16.4 Å². The van der Waals surface area contributed by atoms with E-state index in [0.29, 0.717) is 23.2 Å². The van der Waals surface area contributed by atoms with E-state index < -0.39 is 6.04 Å². The molecular formula is C19H23ClFN3O2. The maximum atomic E-state index is 13.5. The van der Waals surface area contributed by atoms with Crippen LogP contribution in [0.1, 0.15) is 35.7 Å². The monoisotopic (exact) mass is 379 g/mol. The van der Waals surface area contributed by atoms with E-state index in [9.17, 15) is 14.0 Å². The van der Waals surface area contributed by atoms with Crippen LogP contribution in [0, 0.1) is 5.82 Å². The molecule has 0 heterocycles. The first-order chi connectivity index (χ1) is 12.0. The summed E-state index contributed by atoms with van der Waals surface area (Å²) in [5.74, 6) is -0.924. The normalized spacial score (nSPS) is 11.2. The molecule has 2 rings (SSSR count). The van der Waals surface area contributed by atoms with Crippen molar-refractivity contribution in [3.8, 4) is 0 Å². The van der Waals surface area contributed by atoms with Gasteiger partial charge in [-0.3, -0.25) is 9.59 Å². The van der Waals surface area contributed by atoms with Crippen LogP contribution in [0.2, 0.25) is 0 Å². The van der Waals surface area contributed by atoms with Crippen molar-refractivity contribution in [3.05, 3.63) is 65.5 Å². The molecule has 0 aliphatic heterocycles. The second-order valence-electron chi connectivity index (χ2n) is 5.74. The van der Waals surface area contributed by atoms with Crippen LogP contribution in [-0.4, -0.2) is 17.9 Å². The minimum Gasteiger partial charge on any atom is -0.348 e. The van der Waals surface area contributed by atoms with E-state index in [2.05, 4.69) is 10.6 Å². The fourth-order valence-corrected chi connectivity index (χ4v) is 2.30. The summed E-state index contributed by atoms with van der Waals surface area (Å²) in [5, 5.41) is 5.38. The highest BCUT2D eigenvalue weighted by atomic mass is 35.5. The standard InChI is InChI=1S/C19H22FN3O2.ClH/c1-2-5-17(21)19(25)23-15-10-8-13(9-11-15)18(24)22-12-14-6-3-4-7-16(14)20;/h3-4,6-11,17H,2,5,12,21H2,1H3,(H,22,24)(H,23,25);1H. The summed E-state index contributed by atoms with van der Waals surface area (Å²) < 4.78 is 13.5. The average Bonchev–Trinajstić information content (AvgIpc) is 2.61. The van der Waals surface area contributed by atoms with Gasteiger partial charge in [0.2, 0.25) is 5.91 Å². The molecule has 2 aromatic rings. The first-order valence-electron chi connectivity index (χ1n) is 8.19. The fraction of sp³-hybridized carbons (Fsp3) is 0.263. The number of nitrogens with two attached hydrogens (primary N) is 1. The van der Waals surface area contributed by atoms with E-state index >= 15 is 0 Å². The van der Waals surface area contributed by atoms with Gasteiger partial charge in [0.25, 0.3) is 5.91 Å². The Bertz CT molecular complexity index is 738. The molecular weight excluding hydrogens is 357 g/mol. The van der Waals surface area contributed by atoms with E-state index in [4.69, 9.17) is 5.73 Å². The van der Waals surface area contributed by atoms with Gasteiger partial charge in [-0.05, 0) is 36.8 Å². The maximum absolute atomic E-state index is 13.5. The summed E-state index contributed by atoms with van der Waals surface area (Å²) in [4.78, 5) is 24.0. The number of benzene rings is 2. The molecule has 0 aliphatic carbocycles. The molecule has 4 N–H and O–H groups in total. The van der Waals surface area contributed by atoms with Crippen LogP contribution in [-0.2, 0) is 11.3 Å². The molecule has 0 radical (unpaired) electrons. The molecule has 0 aliphatic rings. The van der Waals surface area contributed by atoms with Crippen LogP contribution in [0.25, 0.3) is 0 Å². The Balaban J connectivity index is 0.00000338. The SMILES string of the molecule is CCCC(N)C(=O)Nc1ccc(C(=O)NCc2ccccc2F)cc1.Cl. The Morgan fingerprint density at radius 2 is 1.77 bits per heavy atom. The zero-order valence-electron chi connectivity index (χ0n) is 14.5. The molecule has 0 spiro atoms. The molecule has 0 saturated heterocycles. The molecule has 2 amide bonds. The minimum absolute atomic E-state index is 0. The molecule has 0 aromatic heterocycles. The quantitative estimate of drug-likeness (QED) is 0.690. The zero-order chi connectivity index (χ0) is 18.2. The van der Waals surface area contributed by atoms with E-state index in [-0.39, 0.29) is 36.6 Å². The van der Waals surface area contributed by atoms with Crippen LogP contribution in [0.3, 0.4) is 0 Å². The van der Waals surface area contributed by atoms with Gasteiger partial charge in [-0.15, -0.1) is 12.4 Å². The summed E-state index contributed by atoms with van der Waals surface area (Å²) >= 11 is 0. The summed E-state index contributed by atoms with van der Waals surface area (Å²) in [5.41, 5.74) is 7.17. The Morgan fingerprint density at radius 3 is 2.38 bits per heavy atom. The second kappa shape index (κ2) is 10.5. The summed E-state index contributed by atoms with van der Waals surface area (Å²) in [6, 6.07) is 12.2. The highest BCUT2D eigenvalue weighted by Crippen LogP contribution is 2.11. The number of hydrogen-bond donors (Lipinski definition) is 3. The smallest absolute Gasteiger partial charge is 0.251 e. The largest absolute Gasteiger partial charge is 0.348 e. The van der Waals surface area contributed by atoms with Gasteiger partial charge in [-0.25, -0.2) is 4.39 Å². The molecule has 2 aromatic carbocycles. The van der Waals surface area contributed by atoms with Crippen molar-refractivity contribution < 1.29 is 14.0 Å². The molecule has 1 atom stereocenters. The molecule has 0 bridgehead atoms. The Hall–Kier alpha value is -2.44. The molecule has 0 fully saturated rings. The molecule has 140 valence electrons. The Kier molecular flexibility index (Phi) is 8.75. The lowest BCUT2D eigenvalue weighted by atomic mass is 10.1. The van der Waals surface area contributed by atoms with Crippen molar-refractivity contribution >= 4 is 29.9 Å². The number of carbonyl (C=O) groups excluding carboxylic acids is 2. The summed E-state index contributed by atoms with van der Waals surface area (Å²) in [6.07, 6.45) is 1.44. The molecule has 7 heteroatoms. The third kappa shape index (κ3) is 6.13. The van der Waals surface area contributed by atoms with Gasteiger partial charge in [0.15, 0.2) is 0 Å². The lowest BCUT2D eigenvalue weighted by Crippen LogP contribution is -2.35. The van der Waals surface area contributed by atoms with Crippen LogP contribution in [0.4, 0.5) is 10.1 Å². The number of amides is 2. The Labute approximate surface area is 158 Å². The van der Waals surface area contributed by atoms with Gasteiger partial charge in [0.1, 0.15) is 5.82 Å². The number of rotatable bonds is 7. The molecule has 0 saturated carbocycles. The van der Waals surface area contributed by atoms with Gasteiger partial charge in [0, 0.05) is 23.4 Å². The average molecular weight is 380 g/mol. The first kappa shape index (κ1) is 21.6. The van der Waals surface area contributed by atoms with Gasteiger partial charge in [-0.2, -0.15) is 0 Å². The van der Waals surface area contributed by atoms with Gasteiger partial charge >= 0.3 is 0 Å². The van der Waals surface area contributed by atoms with Gasteiger partial charge < -0.3 is 16.4 Å². The number of halogens is 2. The van der Waals surface area contributed by atoms with E-state index in [1.807, 2.05) is 6.92 Å². The van der Waals surface area contributed by atoms with Crippen molar-refractivity contribution in [2.75, 3.05) is 5.32 Å². The van der Waals surface area contributed by atoms with Crippen molar-refractivity contribution in [3.63, 3.8) is 0 Å². The predicted octanol–water partition coefficient (Wildman–Crippen LogP) is 3.24. The third-order valence-electron chi connectivity index (χ3n) is 3.75. The first-order valence-corrected chi connectivity index (χ1v) is 8.19. The topological polar surface area (TPSA) is 84.2 Å². The highest BCUT2D eigenvalue weighted by Gasteiger charge is 2.13. The lowest BCUT2D eigenvalue weighted by molar-refractivity contribution is -0.117. The second-order valence-corrected chi connectivity index (χ2v) is 5.74. The van der Waals surface area contributed by atoms with Crippen molar-refractivity contribution in [2.24, 2.45) is 5.73 Å². The molecule has 5 nitrogen and oxygen atoms in total. The van der Waals surface area contributed by atoms with Crippen molar-refractivity contribution in [1.82, 2.24) is 5.32 Å². The van der Waals surface area contributed by atoms with E-state index in [1.165, 1.54) is 6.07 Å². The van der Waals surface area contributed by atoms with Crippen LogP contribution in [0.15, 0.2) is 48.5 Å². The maximum Gasteiger partial charge on any atom is 0.251 e. The van der Waals surface area contributed by atoms with Gasteiger partial charge in [0.05, 0.1) is 6.04 Å². The van der Waals surface area contributed by atoms with Crippen LogP contribution >= 0.6 is 12.4 Å². The van der Waals surface area contributed by atoms with E-state index in [1.54, 1.807) is 42.5 Å². The fourth-order valence-electron chi connectivity index (χ4n) is 2.30. The van der Waals surface area contributed by atoms with E-state index in [0.717, 1.165) is 6.42 Å². The van der Waals surface area contributed by atoms with Gasteiger partial charge in [-0.1, -0.05) is 31.5 Å². The number of nitrogens with one attached hydrogen (secondary N) is 2. The number of anilines is 1. The zero-order valence-corrected chi connectivity index (χ0v) is 15.3. The molecule has 26 heavy (non-hydrogen) atoms. The minimum atomic E-state index is -0.547. The van der Waals surface area contributed by atoms with Crippen molar-refractivity contribution in [2.45, 2.75) is 32.4 Å². The molecule has 1 unspecified atom stereocenters. The van der Waals surface area contributed by atoms with Crippen molar-refractivity contribution in [1.29, 1.82) is 0 Å². The summed E-state index contributed by atoms with van der Waals surface area (Å²) in [7, 11) is 0. The number of carbonyl (C=O) groups is 2. The predicted molar refractivity (Wildman–Crippen MR) is 103 cm³/mol. The number of hydrogen-bond acceptors (Lipinski definition) is 3. The van der Waals surface area contributed by atoms with Crippen LogP contribution in [0.5, 0.6) is 0 Å². The third-order valence-corrected chi connectivity index (χ3v) is 3.75. The Morgan fingerprint density at radius 1 is 1.12 bits per heavy atom. The summed E-state index contributed by atoms with van der Waals surface area (Å²) in [6.45, 7) is 2.07. The lowest BCUT2D eigenvalue weighted by Gasteiger charge is -2.11.